The minimum atomic E-state index is -2.61. The number of carboxylic acid groups (broad SMARTS) is 1. The summed E-state index contributed by atoms with van der Waals surface area (Å²) >= 11 is -2.61. The molecule has 0 aliphatic heterocycles. The van der Waals surface area contributed by atoms with Gasteiger partial charge in [0, 0.05) is 0 Å². The van der Waals surface area contributed by atoms with E-state index >= 15 is 0 Å². The van der Waals surface area contributed by atoms with Crippen LogP contribution < -0.4 is 0 Å². The predicted molar refractivity (Wildman–Crippen MR) is 112 cm³/mol. The number of aliphatic carboxylic acids is 1. The van der Waals surface area contributed by atoms with Crippen LogP contribution in [0.5, 0.6) is 0 Å². The first-order valence-corrected chi connectivity index (χ1v) is 17.7. The molecule has 0 amide bonds. The van der Waals surface area contributed by atoms with Gasteiger partial charge in [0.15, 0.2) is 0 Å². The van der Waals surface area contributed by atoms with Crippen molar-refractivity contribution in [3.63, 3.8) is 0 Å². The van der Waals surface area contributed by atoms with Gasteiger partial charge in [-0.25, -0.2) is 0 Å². The Morgan fingerprint density at radius 3 is 1.72 bits per heavy atom. The second-order valence-corrected chi connectivity index (χ2v) is 20.3. The molecule has 0 aromatic heterocycles. The van der Waals surface area contributed by atoms with E-state index in [-0.39, 0.29) is 0 Å². The second kappa shape index (κ2) is 11.8. The third kappa shape index (κ3) is 7.55. The van der Waals surface area contributed by atoms with E-state index in [1.807, 2.05) is 31.2 Å². The molecule has 0 aliphatic rings. The molecule has 1 aromatic carbocycles. The topological polar surface area (TPSA) is 37.3 Å². The Hall–Kier alpha value is -0.771. The molecule has 2 nitrogen and oxygen atoms in total. The molecule has 0 spiro atoms. The van der Waals surface area contributed by atoms with E-state index in [4.69, 9.17) is 0 Å². The minimum absolute atomic E-state index is 0.569. The van der Waals surface area contributed by atoms with Crippen molar-refractivity contribution in [3.05, 3.63) is 39.5 Å². The molecule has 0 atom stereocenters. The Morgan fingerprint density at radius 2 is 1.36 bits per heavy atom. The van der Waals surface area contributed by atoms with Crippen LogP contribution in [0.15, 0.2) is 28.4 Å². The van der Waals surface area contributed by atoms with Gasteiger partial charge in [0.05, 0.1) is 0 Å². The van der Waals surface area contributed by atoms with Crippen molar-refractivity contribution in [1.29, 1.82) is 0 Å². The zero-order valence-electron chi connectivity index (χ0n) is 16.6. The van der Waals surface area contributed by atoms with Gasteiger partial charge in [-0.2, -0.15) is 0 Å². The van der Waals surface area contributed by atoms with Crippen molar-refractivity contribution in [1.82, 2.24) is 0 Å². The first-order valence-electron chi connectivity index (χ1n) is 10.0. The molecule has 0 saturated heterocycles. The van der Waals surface area contributed by atoms with Crippen LogP contribution in [0.1, 0.15) is 70.4 Å². The van der Waals surface area contributed by atoms with Crippen LogP contribution in [0.25, 0.3) is 5.57 Å². The zero-order valence-corrected chi connectivity index (χ0v) is 19.5. The maximum absolute atomic E-state index is 12.0. The van der Waals surface area contributed by atoms with E-state index in [0.717, 1.165) is 5.56 Å². The van der Waals surface area contributed by atoms with Gasteiger partial charge in [0.1, 0.15) is 0 Å². The van der Waals surface area contributed by atoms with E-state index < -0.39 is 24.3 Å². The van der Waals surface area contributed by atoms with Gasteiger partial charge >= 0.3 is 159 Å². The quantitative estimate of drug-likeness (QED) is 0.279. The normalized spacial score (nSPS) is 12.4. The summed E-state index contributed by atoms with van der Waals surface area (Å²) in [7, 11) is 0. The molecule has 0 fully saturated rings. The fraction of sp³-hybridized carbons (Fsp3) is 0.591. The van der Waals surface area contributed by atoms with Crippen molar-refractivity contribution < 1.29 is 9.90 Å². The summed E-state index contributed by atoms with van der Waals surface area (Å²) in [4.78, 5) is 12.0. The van der Waals surface area contributed by atoms with Gasteiger partial charge in [-0.1, -0.05) is 0 Å². The molecule has 0 saturated carbocycles. The molecule has 0 aliphatic carbocycles. The third-order valence-corrected chi connectivity index (χ3v) is 19.3. The van der Waals surface area contributed by atoms with Gasteiger partial charge in [-0.3, -0.25) is 0 Å². The van der Waals surface area contributed by atoms with Crippen molar-refractivity contribution in [2.45, 2.75) is 79.5 Å². The Morgan fingerprint density at radius 1 is 0.920 bits per heavy atom. The van der Waals surface area contributed by atoms with Gasteiger partial charge in [-0.15, -0.1) is 0 Å². The summed E-state index contributed by atoms with van der Waals surface area (Å²) in [5.74, 6) is -0.755. The predicted octanol–water partition coefficient (Wildman–Crippen LogP) is 6.85. The van der Waals surface area contributed by atoms with E-state index in [9.17, 15) is 9.90 Å². The summed E-state index contributed by atoms with van der Waals surface area (Å²) < 4.78 is 6.22. The number of unbranched alkanes of at least 4 members (excludes halogenated alkanes) is 3. The van der Waals surface area contributed by atoms with E-state index in [0.29, 0.717) is 5.57 Å². The van der Waals surface area contributed by atoms with Crippen molar-refractivity contribution in [2.24, 2.45) is 0 Å². The molecule has 1 N–H and O–H groups in total. The summed E-state index contributed by atoms with van der Waals surface area (Å²) in [6, 6.07) is 8.00. The number of aryl methyl sites for hydroxylation is 1. The Labute approximate surface area is 158 Å². The third-order valence-electron chi connectivity index (χ3n) is 5.13. The fourth-order valence-electron chi connectivity index (χ4n) is 3.49. The molecule has 3 heteroatoms. The molecule has 140 valence electrons. The molecule has 25 heavy (non-hydrogen) atoms. The van der Waals surface area contributed by atoms with Crippen LogP contribution in [0.2, 0.25) is 13.3 Å². The number of benzene rings is 1. The summed E-state index contributed by atoms with van der Waals surface area (Å²) in [6.45, 7) is 8.79. The Bertz CT molecular complexity index is 524. The van der Waals surface area contributed by atoms with Crippen LogP contribution in [-0.2, 0) is 4.79 Å². The molecule has 0 radical (unpaired) electrons. The molecule has 0 heterocycles. The molecular weight excluding hydrogens is 415 g/mol. The van der Waals surface area contributed by atoms with Crippen LogP contribution in [0.3, 0.4) is 0 Å². The van der Waals surface area contributed by atoms with E-state index in [1.165, 1.54) is 57.4 Å². The Kier molecular flexibility index (Phi) is 10.5. The molecule has 1 rings (SSSR count). The van der Waals surface area contributed by atoms with E-state index in [1.54, 1.807) is 0 Å². The van der Waals surface area contributed by atoms with Gasteiger partial charge < -0.3 is 0 Å². The van der Waals surface area contributed by atoms with Crippen molar-refractivity contribution in [3.8, 4) is 0 Å². The number of carbonyl (C=O) groups is 1. The summed E-state index contributed by atoms with van der Waals surface area (Å²) in [5.41, 5.74) is 2.62. The van der Waals surface area contributed by atoms with Crippen LogP contribution in [-0.4, -0.2) is 29.5 Å². The number of hydrogen-bond donors (Lipinski definition) is 1. The Balaban J connectivity index is 3.31. The van der Waals surface area contributed by atoms with Crippen molar-refractivity contribution in [2.75, 3.05) is 0 Å². The van der Waals surface area contributed by atoms with Crippen LogP contribution >= 0.6 is 0 Å². The molecule has 0 bridgehead atoms. The SMILES string of the molecule is CCC[CH2][Sn](/[CH]=C(\C(=O)O)c1ccc(C)cc1)([CH2]CCC)[CH2]CCC. The molecule has 1 aromatic rings. The van der Waals surface area contributed by atoms with Gasteiger partial charge in [0.25, 0.3) is 0 Å². The van der Waals surface area contributed by atoms with Crippen LogP contribution in [0, 0.1) is 6.92 Å². The first kappa shape index (κ1) is 22.3. The summed E-state index contributed by atoms with van der Waals surface area (Å²) in [6.07, 6.45) is 7.37. The second-order valence-electron chi connectivity index (χ2n) is 7.40. The molecule has 0 unspecified atom stereocenters. The molecular formula is C22H36O2Sn. The monoisotopic (exact) mass is 452 g/mol. The number of hydrogen-bond acceptors (Lipinski definition) is 1. The van der Waals surface area contributed by atoms with Crippen molar-refractivity contribution >= 4 is 29.9 Å². The number of carboxylic acids is 1. The maximum atomic E-state index is 12.0. The zero-order chi connectivity index (χ0) is 18.7. The van der Waals surface area contributed by atoms with Crippen LogP contribution in [0.4, 0.5) is 0 Å². The average Bonchev–Trinajstić information content (AvgIpc) is 2.61. The summed E-state index contributed by atoms with van der Waals surface area (Å²) in [5, 5.41) is 9.90. The fourth-order valence-corrected chi connectivity index (χ4v) is 18.5. The first-order chi connectivity index (χ1) is 12.0. The van der Waals surface area contributed by atoms with E-state index in [2.05, 4.69) is 24.9 Å². The standard InChI is InChI=1S/C10H9O2.3C4H9.Sn/c1-7-3-5-9(6-4-7)8(2)10(11)12;3*1-3-4-2;/h2-6H,1H3,(H,11,12);3*1,3-4H2,2H3;. The van der Waals surface area contributed by atoms with Gasteiger partial charge in [0.2, 0.25) is 0 Å². The number of rotatable bonds is 12. The van der Waals surface area contributed by atoms with Gasteiger partial charge in [-0.05, 0) is 0 Å². The average molecular weight is 451 g/mol.